The van der Waals surface area contributed by atoms with Crippen LogP contribution in [0.25, 0.3) is 0 Å². The Bertz CT molecular complexity index is 367. The number of hydrogen-bond donors (Lipinski definition) is 1. The Morgan fingerprint density at radius 1 is 1.20 bits per heavy atom. The molecule has 2 N–H and O–H groups in total. The summed E-state index contributed by atoms with van der Waals surface area (Å²) in [7, 11) is -1.78. The van der Waals surface area contributed by atoms with E-state index in [0.29, 0.717) is 6.61 Å². The van der Waals surface area contributed by atoms with Crippen molar-refractivity contribution in [3.05, 3.63) is 0 Å². The third-order valence-electron chi connectivity index (χ3n) is 4.62. The molecular formula is C14H29NO4Si. The highest BCUT2D eigenvalue weighted by molar-refractivity contribution is 6.74. The number of fused-ring (bicyclic) bond motifs is 1. The van der Waals surface area contributed by atoms with Gasteiger partial charge in [-0.3, -0.25) is 0 Å². The van der Waals surface area contributed by atoms with Gasteiger partial charge in [0.2, 0.25) is 0 Å². The third-order valence-corrected chi connectivity index (χ3v) is 9.12. The fourth-order valence-corrected chi connectivity index (χ4v) is 3.27. The summed E-state index contributed by atoms with van der Waals surface area (Å²) in [6, 6.07) is -0.202. The minimum Gasteiger partial charge on any atom is -0.414 e. The van der Waals surface area contributed by atoms with Crippen LogP contribution in [0.1, 0.15) is 34.6 Å². The monoisotopic (exact) mass is 303 g/mol. The van der Waals surface area contributed by atoms with Crippen LogP contribution in [-0.2, 0) is 18.6 Å². The summed E-state index contributed by atoms with van der Waals surface area (Å²) < 4.78 is 23.6. The molecule has 118 valence electrons. The van der Waals surface area contributed by atoms with Gasteiger partial charge in [0.15, 0.2) is 20.4 Å². The van der Waals surface area contributed by atoms with E-state index in [1.165, 1.54) is 0 Å². The first kappa shape index (κ1) is 16.4. The summed E-state index contributed by atoms with van der Waals surface area (Å²) in [5.74, 6) is -0.613. The van der Waals surface area contributed by atoms with Crippen LogP contribution >= 0.6 is 0 Å². The van der Waals surface area contributed by atoms with Gasteiger partial charge in [0, 0.05) is 0 Å². The lowest BCUT2D eigenvalue weighted by atomic mass is 10.1. The molecule has 2 saturated heterocycles. The summed E-state index contributed by atoms with van der Waals surface area (Å²) in [6.07, 6.45) is -0.721. The molecule has 0 aromatic rings. The Morgan fingerprint density at radius 2 is 1.80 bits per heavy atom. The highest BCUT2D eigenvalue weighted by Gasteiger charge is 2.53. The zero-order chi connectivity index (χ0) is 15.3. The van der Waals surface area contributed by atoms with Crippen molar-refractivity contribution in [3.8, 4) is 0 Å². The minimum absolute atomic E-state index is 0.157. The van der Waals surface area contributed by atoms with Crippen LogP contribution in [-0.4, -0.2) is 45.3 Å². The summed E-state index contributed by atoms with van der Waals surface area (Å²) in [6.45, 7) is 15.4. The highest BCUT2D eigenvalue weighted by Crippen LogP contribution is 2.39. The van der Waals surface area contributed by atoms with Crippen LogP contribution < -0.4 is 5.73 Å². The van der Waals surface area contributed by atoms with Gasteiger partial charge in [0.25, 0.3) is 0 Å². The van der Waals surface area contributed by atoms with E-state index in [2.05, 4.69) is 33.9 Å². The topological polar surface area (TPSA) is 62.9 Å². The third kappa shape index (κ3) is 3.10. The van der Waals surface area contributed by atoms with Crippen LogP contribution in [0, 0.1) is 0 Å². The second-order valence-corrected chi connectivity index (χ2v) is 12.6. The Balaban J connectivity index is 1.91. The maximum atomic E-state index is 6.23. The van der Waals surface area contributed by atoms with Crippen molar-refractivity contribution < 1.29 is 18.6 Å². The molecule has 20 heavy (non-hydrogen) atoms. The number of hydrogen-bond acceptors (Lipinski definition) is 5. The van der Waals surface area contributed by atoms with Crippen LogP contribution in [0.15, 0.2) is 0 Å². The molecule has 5 nitrogen and oxygen atoms in total. The van der Waals surface area contributed by atoms with E-state index in [-0.39, 0.29) is 29.6 Å². The first-order valence-corrected chi connectivity index (χ1v) is 10.2. The van der Waals surface area contributed by atoms with E-state index in [0.717, 1.165) is 0 Å². The van der Waals surface area contributed by atoms with E-state index < -0.39 is 14.1 Å². The molecule has 0 amide bonds. The quantitative estimate of drug-likeness (QED) is 0.810. The lowest BCUT2D eigenvalue weighted by molar-refractivity contribution is -0.208. The molecule has 2 aliphatic rings. The van der Waals surface area contributed by atoms with Gasteiger partial charge in [0.05, 0.1) is 12.6 Å². The maximum Gasteiger partial charge on any atom is 0.192 e. The van der Waals surface area contributed by atoms with Gasteiger partial charge in [0.1, 0.15) is 12.2 Å². The standard InChI is InChI=1S/C14H29NO4Si/c1-13(2,3)20(6,7)16-8-9-10(15)11-12(17-9)19-14(4,5)18-11/h9-12H,8,15H2,1-7H3/t9-,10?,11-,12-/m1/s1. The zero-order valence-corrected chi connectivity index (χ0v) is 14.7. The highest BCUT2D eigenvalue weighted by atomic mass is 28.4. The summed E-state index contributed by atoms with van der Waals surface area (Å²) >= 11 is 0. The van der Waals surface area contributed by atoms with Crippen LogP contribution in [0.4, 0.5) is 0 Å². The van der Waals surface area contributed by atoms with E-state index in [1.807, 2.05) is 13.8 Å². The van der Waals surface area contributed by atoms with Gasteiger partial charge >= 0.3 is 0 Å². The maximum absolute atomic E-state index is 6.23. The summed E-state index contributed by atoms with van der Waals surface area (Å²) in [4.78, 5) is 0. The molecule has 4 atom stereocenters. The minimum atomic E-state index is -1.78. The van der Waals surface area contributed by atoms with Crippen molar-refractivity contribution in [1.82, 2.24) is 0 Å². The lowest BCUT2D eigenvalue weighted by Gasteiger charge is -2.37. The van der Waals surface area contributed by atoms with E-state index >= 15 is 0 Å². The van der Waals surface area contributed by atoms with Crippen LogP contribution in [0.3, 0.4) is 0 Å². The molecule has 0 saturated carbocycles. The van der Waals surface area contributed by atoms with Gasteiger partial charge < -0.3 is 24.4 Å². The molecule has 0 spiro atoms. The van der Waals surface area contributed by atoms with Gasteiger partial charge in [-0.1, -0.05) is 20.8 Å². The molecule has 2 fully saturated rings. The van der Waals surface area contributed by atoms with Crippen molar-refractivity contribution in [1.29, 1.82) is 0 Å². The Morgan fingerprint density at radius 3 is 2.30 bits per heavy atom. The first-order chi connectivity index (χ1) is 8.93. The average Bonchev–Trinajstić information content (AvgIpc) is 2.69. The van der Waals surface area contributed by atoms with E-state index in [4.69, 9.17) is 24.4 Å². The van der Waals surface area contributed by atoms with Crippen molar-refractivity contribution in [2.24, 2.45) is 5.73 Å². The number of nitrogens with two attached hydrogens (primary N) is 1. The van der Waals surface area contributed by atoms with Crippen molar-refractivity contribution in [2.75, 3.05) is 6.61 Å². The van der Waals surface area contributed by atoms with Crippen LogP contribution in [0.2, 0.25) is 18.1 Å². The van der Waals surface area contributed by atoms with E-state index in [1.54, 1.807) is 0 Å². The first-order valence-electron chi connectivity index (χ1n) is 7.34. The molecule has 0 aromatic heterocycles. The predicted octanol–water partition coefficient (Wildman–Crippen LogP) is 2.21. The van der Waals surface area contributed by atoms with Crippen LogP contribution in [0.5, 0.6) is 0 Å². The predicted molar refractivity (Wildman–Crippen MR) is 79.8 cm³/mol. The fourth-order valence-electron chi connectivity index (χ4n) is 2.25. The molecule has 2 heterocycles. The summed E-state index contributed by atoms with van der Waals surface area (Å²) in [5.41, 5.74) is 6.23. The summed E-state index contributed by atoms with van der Waals surface area (Å²) in [5, 5.41) is 0.181. The Labute approximate surface area is 123 Å². The average molecular weight is 303 g/mol. The second kappa shape index (κ2) is 5.03. The van der Waals surface area contributed by atoms with Gasteiger partial charge in [-0.15, -0.1) is 0 Å². The van der Waals surface area contributed by atoms with Gasteiger partial charge in [-0.2, -0.15) is 0 Å². The largest absolute Gasteiger partial charge is 0.414 e. The smallest absolute Gasteiger partial charge is 0.192 e. The molecule has 2 rings (SSSR count). The molecule has 1 unspecified atom stereocenters. The fraction of sp³-hybridized carbons (Fsp3) is 1.00. The molecule has 0 radical (unpaired) electrons. The van der Waals surface area contributed by atoms with Gasteiger partial charge in [-0.25, -0.2) is 0 Å². The normalized spacial score (nSPS) is 37.2. The van der Waals surface area contributed by atoms with Crippen molar-refractivity contribution >= 4 is 8.32 Å². The second-order valence-electron chi connectivity index (χ2n) is 7.79. The van der Waals surface area contributed by atoms with Crippen molar-refractivity contribution in [3.63, 3.8) is 0 Å². The molecular weight excluding hydrogens is 274 g/mol. The molecule has 0 bridgehead atoms. The lowest BCUT2D eigenvalue weighted by Crippen LogP contribution is -2.47. The molecule has 0 aliphatic carbocycles. The zero-order valence-electron chi connectivity index (χ0n) is 13.7. The molecule has 0 aromatic carbocycles. The van der Waals surface area contributed by atoms with Crippen molar-refractivity contribution in [2.45, 2.75) is 83.1 Å². The molecule has 6 heteroatoms. The Kier molecular flexibility index (Phi) is 4.13. The van der Waals surface area contributed by atoms with Gasteiger partial charge in [-0.05, 0) is 32.0 Å². The Hall–Kier alpha value is 0.0169. The number of ether oxygens (including phenoxy) is 3. The van der Waals surface area contributed by atoms with E-state index in [9.17, 15) is 0 Å². The SMILES string of the molecule is CC1(C)O[C@H]2O[C@H](CO[Si](C)(C)C(C)(C)C)C(N)[C@H]2O1. The number of rotatable bonds is 3. The molecule has 2 aliphatic heterocycles.